The fraction of sp³-hybridized carbons (Fsp3) is 0.227. The van der Waals surface area contributed by atoms with E-state index in [4.69, 9.17) is 11.6 Å². The summed E-state index contributed by atoms with van der Waals surface area (Å²) in [6.45, 7) is 1.58. The molecule has 1 aromatic heterocycles. The first kappa shape index (κ1) is 18.1. The Balaban J connectivity index is 1.46. The summed E-state index contributed by atoms with van der Waals surface area (Å²) >= 11 is 7.66. The van der Waals surface area contributed by atoms with Crippen LogP contribution in [0.4, 0.5) is 5.69 Å². The molecule has 0 bridgehead atoms. The number of fused-ring (bicyclic) bond motifs is 1. The van der Waals surface area contributed by atoms with E-state index in [9.17, 15) is 4.79 Å². The molecule has 5 heteroatoms. The van der Waals surface area contributed by atoms with Crippen LogP contribution in [0.1, 0.15) is 22.0 Å². The standard InChI is InChI=1S/C22H21ClN2OS/c23-18-9-7-16(8-10-18)14-22(26)24-15-20(21-6-3-13-27-21)25-12-11-17-4-1-2-5-19(17)25/h1-10,13,20H,11-12,14-15H2,(H,24,26). The van der Waals surface area contributed by atoms with Crippen LogP contribution in [-0.2, 0) is 17.6 Å². The summed E-state index contributed by atoms with van der Waals surface area (Å²) in [5, 5.41) is 5.92. The minimum Gasteiger partial charge on any atom is -0.361 e. The van der Waals surface area contributed by atoms with E-state index in [0.717, 1.165) is 18.5 Å². The number of anilines is 1. The topological polar surface area (TPSA) is 32.3 Å². The Morgan fingerprint density at radius 1 is 1.11 bits per heavy atom. The lowest BCUT2D eigenvalue weighted by atomic mass is 10.1. The van der Waals surface area contributed by atoms with Gasteiger partial charge in [-0.2, -0.15) is 0 Å². The molecule has 2 heterocycles. The van der Waals surface area contributed by atoms with Crippen molar-refractivity contribution < 1.29 is 4.79 Å². The Labute approximate surface area is 168 Å². The van der Waals surface area contributed by atoms with Gasteiger partial charge in [-0.25, -0.2) is 0 Å². The molecule has 1 aliphatic rings. The second-order valence-electron chi connectivity index (χ2n) is 6.71. The van der Waals surface area contributed by atoms with Gasteiger partial charge in [-0.15, -0.1) is 11.3 Å². The van der Waals surface area contributed by atoms with Crippen LogP contribution >= 0.6 is 22.9 Å². The van der Waals surface area contributed by atoms with E-state index < -0.39 is 0 Å². The number of nitrogens with one attached hydrogen (secondary N) is 1. The van der Waals surface area contributed by atoms with Gasteiger partial charge < -0.3 is 10.2 Å². The predicted octanol–water partition coefficient (Wildman–Crippen LogP) is 4.86. The maximum Gasteiger partial charge on any atom is 0.224 e. The van der Waals surface area contributed by atoms with Crippen molar-refractivity contribution in [3.63, 3.8) is 0 Å². The molecule has 1 amide bonds. The Morgan fingerprint density at radius 3 is 2.70 bits per heavy atom. The largest absolute Gasteiger partial charge is 0.361 e. The summed E-state index contributed by atoms with van der Waals surface area (Å²) in [6.07, 6.45) is 1.42. The first-order valence-electron chi connectivity index (χ1n) is 9.10. The van der Waals surface area contributed by atoms with Gasteiger partial charge in [0.25, 0.3) is 0 Å². The molecule has 1 atom stereocenters. The molecule has 0 spiro atoms. The summed E-state index contributed by atoms with van der Waals surface area (Å²) in [6, 6.07) is 20.4. The molecule has 3 nitrogen and oxygen atoms in total. The summed E-state index contributed by atoms with van der Waals surface area (Å²) in [7, 11) is 0. The first-order valence-corrected chi connectivity index (χ1v) is 10.4. The van der Waals surface area contributed by atoms with E-state index in [1.807, 2.05) is 24.3 Å². The molecule has 138 valence electrons. The van der Waals surface area contributed by atoms with Gasteiger partial charge in [-0.1, -0.05) is 48.0 Å². The second kappa shape index (κ2) is 8.15. The van der Waals surface area contributed by atoms with E-state index in [1.54, 1.807) is 11.3 Å². The number of hydrogen-bond donors (Lipinski definition) is 1. The van der Waals surface area contributed by atoms with E-state index in [0.29, 0.717) is 18.0 Å². The van der Waals surface area contributed by atoms with E-state index in [1.165, 1.54) is 16.1 Å². The SMILES string of the molecule is O=C(Cc1ccc(Cl)cc1)NCC(c1cccs1)N1CCc2ccccc21. The van der Waals surface area contributed by atoms with Crippen molar-refractivity contribution in [2.45, 2.75) is 18.9 Å². The maximum atomic E-state index is 12.5. The smallest absolute Gasteiger partial charge is 0.224 e. The van der Waals surface area contributed by atoms with Crippen LogP contribution < -0.4 is 10.2 Å². The van der Waals surface area contributed by atoms with Crippen molar-refractivity contribution in [1.82, 2.24) is 5.32 Å². The van der Waals surface area contributed by atoms with Gasteiger partial charge in [0.15, 0.2) is 0 Å². The van der Waals surface area contributed by atoms with Gasteiger partial charge in [0.05, 0.1) is 12.5 Å². The van der Waals surface area contributed by atoms with Crippen molar-refractivity contribution in [2.24, 2.45) is 0 Å². The number of para-hydroxylation sites is 1. The Kier molecular flexibility index (Phi) is 5.46. The second-order valence-corrected chi connectivity index (χ2v) is 8.13. The first-order chi connectivity index (χ1) is 13.2. The number of thiophene rings is 1. The van der Waals surface area contributed by atoms with Crippen molar-refractivity contribution in [3.05, 3.63) is 87.1 Å². The minimum atomic E-state index is 0.0337. The van der Waals surface area contributed by atoms with Gasteiger partial charge in [0, 0.05) is 28.7 Å². The zero-order chi connectivity index (χ0) is 18.6. The number of carbonyl (C=O) groups is 1. The van der Waals surface area contributed by atoms with Crippen molar-refractivity contribution in [1.29, 1.82) is 0 Å². The van der Waals surface area contributed by atoms with Crippen LogP contribution in [0, 0.1) is 0 Å². The van der Waals surface area contributed by atoms with Gasteiger partial charge in [0.1, 0.15) is 0 Å². The van der Waals surface area contributed by atoms with Gasteiger partial charge in [0.2, 0.25) is 5.91 Å². The molecule has 0 saturated heterocycles. The van der Waals surface area contributed by atoms with Crippen molar-refractivity contribution in [3.8, 4) is 0 Å². The lowest BCUT2D eigenvalue weighted by molar-refractivity contribution is -0.120. The average molecular weight is 397 g/mol. The summed E-state index contributed by atoms with van der Waals surface area (Å²) in [5.41, 5.74) is 3.63. The maximum absolute atomic E-state index is 12.5. The van der Waals surface area contributed by atoms with Crippen LogP contribution in [-0.4, -0.2) is 19.0 Å². The van der Waals surface area contributed by atoms with E-state index >= 15 is 0 Å². The third-order valence-corrected chi connectivity index (χ3v) is 6.17. The number of halogens is 1. The highest BCUT2D eigenvalue weighted by molar-refractivity contribution is 7.10. The van der Waals surface area contributed by atoms with Crippen molar-refractivity contribution >= 4 is 34.5 Å². The predicted molar refractivity (Wildman–Crippen MR) is 113 cm³/mol. The molecule has 4 rings (SSSR count). The molecule has 0 fully saturated rings. The van der Waals surface area contributed by atoms with Crippen LogP contribution in [0.2, 0.25) is 5.02 Å². The van der Waals surface area contributed by atoms with Crippen LogP contribution in [0.25, 0.3) is 0 Å². The Bertz CT molecular complexity index is 908. The average Bonchev–Trinajstić information content (AvgIpc) is 3.35. The summed E-state index contributed by atoms with van der Waals surface area (Å²) < 4.78 is 0. The molecule has 0 aliphatic carbocycles. The monoisotopic (exact) mass is 396 g/mol. The third kappa shape index (κ3) is 4.18. The summed E-state index contributed by atoms with van der Waals surface area (Å²) in [4.78, 5) is 16.2. The van der Waals surface area contributed by atoms with Gasteiger partial charge in [-0.3, -0.25) is 4.79 Å². The van der Waals surface area contributed by atoms with E-state index in [-0.39, 0.29) is 11.9 Å². The number of amides is 1. The van der Waals surface area contributed by atoms with Gasteiger partial charge >= 0.3 is 0 Å². The van der Waals surface area contributed by atoms with Crippen molar-refractivity contribution in [2.75, 3.05) is 18.0 Å². The highest BCUT2D eigenvalue weighted by Crippen LogP contribution is 2.36. The number of rotatable bonds is 6. The molecule has 1 unspecified atom stereocenters. The van der Waals surface area contributed by atoms with Crippen LogP contribution in [0.5, 0.6) is 0 Å². The molecule has 27 heavy (non-hydrogen) atoms. The molecular formula is C22H21ClN2OS. The lowest BCUT2D eigenvalue weighted by Gasteiger charge is -2.30. The Morgan fingerprint density at radius 2 is 1.93 bits per heavy atom. The minimum absolute atomic E-state index is 0.0337. The van der Waals surface area contributed by atoms with Crippen LogP contribution in [0.3, 0.4) is 0 Å². The zero-order valence-corrected chi connectivity index (χ0v) is 16.5. The fourth-order valence-electron chi connectivity index (χ4n) is 3.59. The van der Waals surface area contributed by atoms with E-state index in [2.05, 4.69) is 52.0 Å². The summed E-state index contributed by atoms with van der Waals surface area (Å²) in [5.74, 6) is 0.0337. The molecule has 3 aromatic rings. The normalized spacial score (nSPS) is 14.0. The van der Waals surface area contributed by atoms with Crippen LogP contribution in [0.15, 0.2) is 66.0 Å². The highest BCUT2D eigenvalue weighted by atomic mass is 35.5. The number of hydrogen-bond acceptors (Lipinski definition) is 3. The third-order valence-electron chi connectivity index (χ3n) is 4.94. The molecule has 0 saturated carbocycles. The molecule has 1 aliphatic heterocycles. The number of carbonyl (C=O) groups excluding carboxylic acids is 1. The quantitative estimate of drug-likeness (QED) is 0.645. The molecule has 0 radical (unpaired) electrons. The number of nitrogens with zero attached hydrogens (tertiary/aromatic N) is 1. The molecular weight excluding hydrogens is 376 g/mol. The fourth-order valence-corrected chi connectivity index (χ4v) is 4.56. The Hall–Kier alpha value is -2.30. The lowest BCUT2D eigenvalue weighted by Crippen LogP contribution is -2.37. The highest BCUT2D eigenvalue weighted by Gasteiger charge is 2.27. The molecule has 2 aromatic carbocycles. The zero-order valence-electron chi connectivity index (χ0n) is 14.9. The van der Waals surface area contributed by atoms with Gasteiger partial charge in [-0.05, 0) is 47.2 Å². The molecule has 1 N–H and O–H groups in total. The number of benzene rings is 2.